The largest absolute Gasteiger partial charge is 0.464 e. The summed E-state index contributed by atoms with van der Waals surface area (Å²) in [4.78, 5) is 27.6. The molecule has 1 aliphatic heterocycles. The van der Waals surface area contributed by atoms with Crippen LogP contribution in [0, 0.1) is 0 Å². The number of carbonyl (C=O) groups excluding carboxylic acids is 2. The second kappa shape index (κ2) is 7.55. The molecule has 0 saturated heterocycles. The lowest BCUT2D eigenvalue weighted by atomic mass is 9.89. The standard InChI is InChI=1S/C23H25NO3/c1-2-27-23(26)21-14-18-9-5-6-10-20(18)15-24(21)22(25)19-12-11-16-7-3-4-8-17(16)13-19/h5-6,9-13,21H,2-4,7-8,14-15H2,1H3. The Morgan fingerprint density at radius 3 is 2.52 bits per heavy atom. The van der Waals surface area contributed by atoms with Gasteiger partial charge in [-0.3, -0.25) is 4.79 Å². The van der Waals surface area contributed by atoms with Crippen molar-refractivity contribution in [2.24, 2.45) is 0 Å². The van der Waals surface area contributed by atoms with Crippen molar-refractivity contribution in [1.29, 1.82) is 0 Å². The number of fused-ring (bicyclic) bond motifs is 2. The fraction of sp³-hybridized carbons (Fsp3) is 0.391. The monoisotopic (exact) mass is 363 g/mol. The molecule has 0 bridgehead atoms. The van der Waals surface area contributed by atoms with Gasteiger partial charge in [0.05, 0.1) is 6.61 Å². The molecule has 4 nitrogen and oxygen atoms in total. The Bertz CT molecular complexity index is 874. The van der Waals surface area contributed by atoms with Crippen molar-refractivity contribution in [3.05, 3.63) is 70.3 Å². The van der Waals surface area contributed by atoms with Crippen LogP contribution in [0.2, 0.25) is 0 Å². The van der Waals surface area contributed by atoms with E-state index < -0.39 is 6.04 Å². The van der Waals surface area contributed by atoms with Crippen molar-refractivity contribution in [3.8, 4) is 0 Å². The molecule has 0 aromatic heterocycles. The third-order valence-electron chi connectivity index (χ3n) is 5.66. The van der Waals surface area contributed by atoms with E-state index in [4.69, 9.17) is 4.74 Å². The molecule has 1 heterocycles. The van der Waals surface area contributed by atoms with Crippen molar-refractivity contribution in [1.82, 2.24) is 4.90 Å². The topological polar surface area (TPSA) is 46.6 Å². The highest BCUT2D eigenvalue weighted by Crippen LogP contribution is 2.28. The molecular weight excluding hydrogens is 338 g/mol. The first-order valence-corrected chi connectivity index (χ1v) is 9.83. The van der Waals surface area contributed by atoms with Gasteiger partial charge in [-0.1, -0.05) is 30.3 Å². The van der Waals surface area contributed by atoms with Crippen LogP contribution in [0.1, 0.15) is 52.4 Å². The van der Waals surface area contributed by atoms with Gasteiger partial charge in [-0.25, -0.2) is 4.79 Å². The summed E-state index contributed by atoms with van der Waals surface area (Å²) in [7, 11) is 0. The van der Waals surface area contributed by atoms with Crippen molar-refractivity contribution in [2.75, 3.05) is 6.61 Å². The summed E-state index contributed by atoms with van der Waals surface area (Å²) in [5.74, 6) is -0.408. The number of carbonyl (C=O) groups is 2. The SMILES string of the molecule is CCOC(=O)C1Cc2ccccc2CN1C(=O)c1ccc2c(c1)CCCC2. The maximum absolute atomic E-state index is 13.3. The molecule has 0 radical (unpaired) electrons. The number of rotatable bonds is 3. The van der Waals surface area contributed by atoms with Gasteiger partial charge in [0.2, 0.25) is 0 Å². The van der Waals surface area contributed by atoms with Gasteiger partial charge in [0.15, 0.2) is 0 Å². The van der Waals surface area contributed by atoms with Crippen LogP contribution in [0.25, 0.3) is 0 Å². The highest BCUT2D eigenvalue weighted by atomic mass is 16.5. The van der Waals surface area contributed by atoms with E-state index in [1.807, 2.05) is 36.4 Å². The normalized spacial score (nSPS) is 18.4. The average Bonchev–Trinajstić information content (AvgIpc) is 2.72. The number of benzene rings is 2. The molecule has 1 atom stereocenters. The number of amides is 1. The molecule has 1 unspecified atom stereocenters. The zero-order valence-electron chi connectivity index (χ0n) is 15.7. The van der Waals surface area contributed by atoms with Gasteiger partial charge in [-0.15, -0.1) is 0 Å². The van der Waals surface area contributed by atoms with E-state index in [1.54, 1.807) is 11.8 Å². The number of hydrogen-bond acceptors (Lipinski definition) is 3. The van der Waals surface area contributed by atoms with Crippen molar-refractivity contribution in [3.63, 3.8) is 0 Å². The van der Waals surface area contributed by atoms with Crippen LogP contribution in [0.5, 0.6) is 0 Å². The maximum atomic E-state index is 13.3. The minimum Gasteiger partial charge on any atom is -0.464 e. The van der Waals surface area contributed by atoms with Gasteiger partial charge in [0.25, 0.3) is 5.91 Å². The molecule has 2 aromatic carbocycles. The molecule has 4 rings (SSSR count). The average molecular weight is 363 g/mol. The summed E-state index contributed by atoms with van der Waals surface area (Å²) in [6.07, 6.45) is 5.01. The van der Waals surface area contributed by atoms with Crippen LogP contribution in [-0.2, 0) is 35.3 Å². The van der Waals surface area contributed by atoms with Crippen molar-refractivity contribution >= 4 is 11.9 Å². The molecule has 140 valence electrons. The first-order chi connectivity index (χ1) is 13.2. The van der Waals surface area contributed by atoms with Gasteiger partial charge in [0, 0.05) is 18.5 Å². The van der Waals surface area contributed by atoms with Crippen LogP contribution < -0.4 is 0 Å². The van der Waals surface area contributed by atoms with Crippen molar-refractivity contribution < 1.29 is 14.3 Å². The van der Waals surface area contributed by atoms with E-state index in [0.29, 0.717) is 25.1 Å². The molecule has 2 aliphatic rings. The van der Waals surface area contributed by atoms with Crippen LogP contribution >= 0.6 is 0 Å². The van der Waals surface area contributed by atoms with E-state index in [9.17, 15) is 9.59 Å². The van der Waals surface area contributed by atoms with Gasteiger partial charge in [-0.2, -0.15) is 0 Å². The molecule has 27 heavy (non-hydrogen) atoms. The third kappa shape index (κ3) is 3.48. The van der Waals surface area contributed by atoms with Gasteiger partial charge in [-0.05, 0) is 67.0 Å². The molecule has 0 spiro atoms. The Labute approximate surface area is 160 Å². The van der Waals surface area contributed by atoms with E-state index in [1.165, 1.54) is 24.0 Å². The third-order valence-corrected chi connectivity index (χ3v) is 5.66. The number of nitrogens with zero attached hydrogens (tertiary/aromatic N) is 1. The zero-order valence-corrected chi connectivity index (χ0v) is 15.7. The molecule has 0 fully saturated rings. The summed E-state index contributed by atoms with van der Waals surface area (Å²) in [5, 5.41) is 0. The molecule has 2 aromatic rings. The summed E-state index contributed by atoms with van der Waals surface area (Å²) in [5.41, 5.74) is 5.51. The zero-order chi connectivity index (χ0) is 18.8. The van der Waals surface area contributed by atoms with Crippen LogP contribution in [0.4, 0.5) is 0 Å². The van der Waals surface area contributed by atoms with Gasteiger partial charge in [0.1, 0.15) is 6.04 Å². The molecule has 0 N–H and O–H groups in total. The van der Waals surface area contributed by atoms with Crippen LogP contribution in [0.3, 0.4) is 0 Å². The van der Waals surface area contributed by atoms with E-state index in [0.717, 1.165) is 24.0 Å². The van der Waals surface area contributed by atoms with Crippen LogP contribution in [-0.4, -0.2) is 29.4 Å². The Kier molecular flexibility index (Phi) is 4.97. The number of hydrogen-bond donors (Lipinski definition) is 0. The lowest BCUT2D eigenvalue weighted by Crippen LogP contribution is -2.49. The highest BCUT2D eigenvalue weighted by molar-refractivity contribution is 5.97. The minimum atomic E-state index is -0.566. The lowest BCUT2D eigenvalue weighted by molar-refractivity contribution is -0.149. The molecular formula is C23H25NO3. The summed E-state index contributed by atoms with van der Waals surface area (Å²) in [6.45, 7) is 2.55. The summed E-state index contributed by atoms with van der Waals surface area (Å²) < 4.78 is 5.27. The minimum absolute atomic E-state index is 0.0871. The first kappa shape index (κ1) is 17.8. The maximum Gasteiger partial charge on any atom is 0.329 e. The Hall–Kier alpha value is -2.62. The van der Waals surface area contributed by atoms with Gasteiger partial charge < -0.3 is 9.64 Å². The smallest absolute Gasteiger partial charge is 0.329 e. The summed E-state index contributed by atoms with van der Waals surface area (Å²) >= 11 is 0. The number of esters is 1. The molecule has 1 aliphatic carbocycles. The fourth-order valence-electron chi connectivity index (χ4n) is 4.22. The molecule has 4 heteroatoms. The predicted octanol–water partition coefficient (Wildman–Crippen LogP) is 3.70. The lowest BCUT2D eigenvalue weighted by Gasteiger charge is -2.35. The van der Waals surface area contributed by atoms with E-state index in [2.05, 4.69) is 6.07 Å². The predicted molar refractivity (Wildman–Crippen MR) is 104 cm³/mol. The van der Waals surface area contributed by atoms with Gasteiger partial charge >= 0.3 is 5.97 Å². The Balaban J connectivity index is 1.66. The first-order valence-electron chi connectivity index (χ1n) is 9.83. The second-order valence-electron chi connectivity index (χ2n) is 7.36. The quantitative estimate of drug-likeness (QED) is 0.781. The highest BCUT2D eigenvalue weighted by Gasteiger charge is 2.36. The number of ether oxygens (including phenoxy) is 1. The fourth-order valence-corrected chi connectivity index (χ4v) is 4.22. The van der Waals surface area contributed by atoms with E-state index in [-0.39, 0.29) is 11.9 Å². The number of aryl methyl sites for hydroxylation is 2. The molecule has 1 amide bonds. The summed E-state index contributed by atoms with van der Waals surface area (Å²) in [6, 6.07) is 13.5. The Morgan fingerprint density at radius 1 is 1.00 bits per heavy atom. The molecule has 0 saturated carbocycles. The van der Waals surface area contributed by atoms with E-state index >= 15 is 0 Å². The second-order valence-corrected chi connectivity index (χ2v) is 7.36. The van der Waals surface area contributed by atoms with Crippen molar-refractivity contribution in [2.45, 2.75) is 51.6 Å². The van der Waals surface area contributed by atoms with Crippen LogP contribution in [0.15, 0.2) is 42.5 Å². The Morgan fingerprint density at radius 2 is 1.74 bits per heavy atom.